The molecule has 0 saturated carbocycles. The molecule has 0 bridgehead atoms. The molecule has 0 spiro atoms. The molecule has 0 saturated heterocycles. The Morgan fingerprint density at radius 2 is 2.06 bits per heavy atom. The molecular weight excluding hydrogens is 204 g/mol. The van der Waals surface area contributed by atoms with E-state index in [1.807, 2.05) is 6.07 Å². The third-order valence-electron chi connectivity index (χ3n) is 2.40. The number of nitrogens with one attached hydrogen (secondary N) is 1. The van der Waals surface area contributed by atoms with Crippen molar-refractivity contribution < 1.29 is 4.92 Å². The molecule has 0 fully saturated rings. The van der Waals surface area contributed by atoms with Crippen molar-refractivity contribution in [1.82, 2.24) is 5.32 Å². The van der Waals surface area contributed by atoms with E-state index in [9.17, 15) is 10.1 Å². The van der Waals surface area contributed by atoms with Gasteiger partial charge >= 0.3 is 0 Å². The summed E-state index contributed by atoms with van der Waals surface area (Å²) in [6, 6.07) is 6.85. The minimum atomic E-state index is -0.334. The van der Waals surface area contributed by atoms with Crippen LogP contribution in [0.5, 0.6) is 0 Å². The van der Waals surface area contributed by atoms with Crippen LogP contribution in [0.1, 0.15) is 25.8 Å². The molecule has 0 aliphatic rings. The fourth-order valence-electron chi connectivity index (χ4n) is 1.45. The van der Waals surface area contributed by atoms with Gasteiger partial charge < -0.3 is 5.32 Å². The molecule has 4 heteroatoms. The van der Waals surface area contributed by atoms with Crippen LogP contribution in [0, 0.1) is 16.0 Å². The lowest BCUT2D eigenvalue weighted by atomic mass is 10.1. The zero-order valence-corrected chi connectivity index (χ0v) is 9.77. The van der Waals surface area contributed by atoms with Crippen molar-refractivity contribution in [2.75, 3.05) is 6.54 Å². The van der Waals surface area contributed by atoms with E-state index in [1.165, 1.54) is 0 Å². The molecule has 0 unspecified atom stereocenters. The highest BCUT2D eigenvalue weighted by Gasteiger charge is 2.11. The summed E-state index contributed by atoms with van der Waals surface area (Å²) in [6.45, 7) is 5.77. The maximum absolute atomic E-state index is 10.7. The Morgan fingerprint density at radius 3 is 2.69 bits per heavy atom. The van der Waals surface area contributed by atoms with E-state index in [0.717, 1.165) is 18.5 Å². The van der Waals surface area contributed by atoms with Gasteiger partial charge in [0.05, 0.1) is 4.92 Å². The second kappa shape index (κ2) is 6.23. The van der Waals surface area contributed by atoms with Gasteiger partial charge in [0.15, 0.2) is 0 Å². The first kappa shape index (κ1) is 12.6. The van der Waals surface area contributed by atoms with E-state index in [-0.39, 0.29) is 10.6 Å². The maximum Gasteiger partial charge on any atom is 0.273 e. The normalized spacial score (nSPS) is 10.7. The zero-order chi connectivity index (χ0) is 12.0. The van der Waals surface area contributed by atoms with Gasteiger partial charge in [-0.1, -0.05) is 32.0 Å². The number of nitro benzene ring substituents is 1. The van der Waals surface area contributed by atoms with Crippen LogP contribution in [0.3, 0.4) is 0 Å². The molecule has 88 valence electrons. The summed E-state index contributed by atoms with van der Waals surface area (Å²) in [5.74, 6) is 0.651. The van der Waals surface area contributed by atoms with Gasteiger partial charge in [-0.2, -0.15) is 0 Å². The summed E-state index contributed by atoms with van der Waals surface area (Å²) in [6.07, 6.45) is 1.08. The number of para-hydroxylation sites is 1. The predicted octanol–water partition coefficient (Wildman–Crippen LogP) is 2.73. The monoisotopic (exact) mass is 222 g/mol. The second-order valence-corrected chi connectivity index (χ2v) is 4.25. The number of nitro groups is 1. The molecule has 0 heterocycles. The van der Waals surface area contributed by atoms with E-state index >= 15 is 0 Å². The number of rotatable bonds is 6. The molecule has 1 rings (SSSR count). The summed E-state index contributed by atoms with van der Waals surface area (Å²) in [7, 11) is 0. The van der Waals surface area contributed by atoms with E-state index in [2.05, 4.69) is 19.2 Å². The number of hydrogen-bond donors (Lipinski definition) is 1. The molecule has 1 aromatic carbocycles. The van der Waals surface area contributed by atoms with E-state index in [0.29, 0.717) is 12.5 Å². The van der Waals surface area contributed by atoms with Crippen LogP contribution in [0.25, 0.3) is 0 Å². The van der Waals surface area contributed by atoms with E-state index in [4.69, 9.17) is 0 Å². The SMILES string of the molecule is CC(C)CCNCc1ccccc1[N+](=O)[O-]. The Hall–Kier alpha value is -1.42. The molecule has 0 atom stereocenters. The number of nitrogens with zero attached hydrogens (tertiary/aromatic N) is 1. The van der Waals surface area contributed by atoms with Crippen molar-refractivity contribution in [2.45, 2.75) is 26.8 Å². The van der Waals surface area contributed by atoms with E-state index < -0.39 is 0 Å². The van der Waals surface area contributed by atoms with Crippen molar-refractivity contribution >= 4 is 5.69 Å². The Kier molecular flexibility index (Phi) is 4.92. The van der Waals surface area contributed by atoms with Crippen LogP contribution in [0.2, 0.25) is 0 Å². The highest BCUT2D eigenvalue weighted by Crippen LogP contribution is 2.17. The molecule has 0 aliphatic carbocycles. The molecule has 0 aromatic heterocycles. The van der Waals surface area contributed by atoms with Gasteiger partial charge in [-0.15, -0.1) is 0 Å². The Morgan fingerprint density at radius 1 is 1.38 bits per heavy atom. The molecule has 0 aliphatic heterocycles. The molecule has 0 radical (unpaired) electrons. The lowest BCUT2D eigenvalue weighted by Gasteiger charge is -2.07. The van der Waals surface area contributed by atoms with Gasteiger partial charge in [0.2, 0.25) is 0 Å². The summed E-state index contributed by atoms with van der Waals surface area (Å²) < 4.78 is 0. The van der Waals surface area contributed by atoms with Gasteiger partial charge in [-0.3, -0.25) is 10.1 Å². The van der Waals surface area contributed by atoms with Gasteiger partial charge in [0.1, 0.15) is 0 Å². The first-order valence-electron chi connectivity index (χ1n) is 5.54. The quantitative estimate of drug-likeness (QED) is 0.457. The first-order chi connectivity index (χ1) is 7.61. The fourth-order valence-corrected chi connectivity index (χ4v) is 1.45. The average Bonchev–Trinajstić information content (AvgIpc) is 2.24. The van der Waals surface area contributed by atoms with Crippen molar-refractivity contribution in [1.29, 1.82) is 0 Å². The Labute approximate surface area is 95.8 Å². The summed E-state index contributed by atoms with van der Waals surface area (Å²) >= 11 is 0. The highest BCUT2D eigenvalue weighted by atomic mass is 16.6. The molecule has 1 N–H and O–H groups in total. The predicted molar refractivity (Wildman–Crippen MR) is 64.3 cm³/mol. The Balaban J connectivity index is 2.50. The zero-order valence-electron chi connectivity index (χ0n) is 9.77. The lowest BCUT2D eigenvalue weighted by molar-refractivity contribution is -0.385. The standard InChI is InChI=1S/C12H18N2O2/c1-10(2)7-8-13-9-11-5-3-4-6-12(11)14(15)16/h3-6,10,13H,7-9H2,1-2H3. The van der Waals surface area contributed by atoms with Crippen LogP contribution < -0.4 is 5.32 Å². The second-order valence-electron chi connectivity index (χ2n) is 4.25. The summed E-state index contributed by atoms with van der Waals surface area (Å²) in [5.41, 5.74) is 0.941. The molecule has 16 heavy (non-hydrogen) atoms. The molecule has 1 aromatic rings. The largest absolute Gasteiger partial charge is 0.312 e. The topological polar surface area (TPSA) is 55.2 Å². The first-order valence-corrected chi connectivity index (χ1v) is 5.54. The number of benzene rings is 1. The third kappa shape index (κ3) is 3.98. The van der Waals surface area contributed by atoms with Crippen LogP contribution in [0.15, 0.2) is 24.3 Å². The highest BCUT2D eigenvalue weighted by molar-refractivity contribution is 5.39. The minimum Gasteiger partial charge on any atom is -0.312 e. The van der Waals surface area contributed by atoms with Crippen LogP contribution >= 0.6 is 0 Å². The fraction of sp³-hybridized carbons (Fsp3) is 0.500. The van der Waals surface area contributed by atoms with Gasteiger partial charge in [-0.25, -0.2) is 0 Å². The van der Waals surface area contributed by atoms with Crippen LogP contribution in [-0.2, 0) is 6.54 Å². The molecule has 0 amide bonds. The van der Waals surface area contributed by atoms with Gasteiger partial charge in [-0.05, 0) is 18.9 Å². The van der Waals surface area contributed by atoms with Crippen LogP contribution in [0.4, 0.5) is 5.69 Å². The van der Waals surface area contributed by atoms with Crippen molar-refractivity contribution in [3.05, 3.63) is 39.9 Å². The molecule has 4 nitrogen and oxygen atoms in total. The van der Waals surface area contributed by atoms with Gasteiger partial charge in [0.25, 0.3) is 5.69 Å². The average molecular weight is 222 g/mol. The maximum atomic E-state index is 10.7. The van der Waals surface area contributed by atoms with Crippen molar-refractivity contribution in [3.63, 3.8) is 0 Å². The lowest BCUT2D eigenvalue weighted by Crippen LogP contribution is -2.17. The van der Waals surface area contributed by atoms with Crippen LogP contribution in [-0.4, -0.2) is 11.5 Å². The Bertz CT molecular complexity index is 351. The van der Waals surface area contributed by atoms with Gasteiger partial charge in [0, 0.05) is 18.2 Å². The summed E-state index contributed by atoms with van der Waals surface area (Å²) in [5, 5.41) is 14.0. The van der Waals surface area contributed by atoms with Crippen molar-refractivity contribution in [2.24, 2.45) is 5.92 Å². The summed E-state index contributed by atoms with van der Waals surface area (Å²) in [4.78, 5) is 10.4. The van der Waals surface area contributed by atoms with Crippen molar-refractivity contribution in [3.8, 4) is 0 Å². The number of hydrogen-bond acceptors (Lipinski definition) is 3. The third-order valence-corrected chi connectivity index (χ3v) is 2.40. The van der Waals surface area contributed by atoms with E-state index in [1.54, 1.807) is 18.2 Å². The minimum absolute atomic E-state index is 0.194. The smallest absolute Gasteiger partial charge is 0.273 e. The molecular formula is C12H18N2O2.